The van der Waals surface area contributed by atoms with Gasteiger partial charge in [-0.1, -0.05) is 62.4 Å². The maximum atomic E-state index is 6.28. The molecule has 0 unspecified atom stereocenters. The summed E-state index contributed by atoms with van der Waals surface area (Å²) in [5.41, 5.74) is 10.9. The van der Waals surface area contributed by atoms with Crippen LogP contribution in [-0.4, -0.2) is 0 Å². The minimum absolute atomic E-state index is 0.423. The molecule has 106 valence electrons. The van der Waals surface area contributed by atoms with Crippen LogP contribution in [0.3, 0.4) is 0 Å². The van der Waals surface area contributed by atoms with Crippen LogP contribution >= 0.6 is 0 Å². The van der Waals surface area contributed by atoms with Crippen molar-refractivity contribution in [3.8, 4) is 0 Å². The van der Waals surface area contributed by atoms with Crippen LogP contribution in [0.1, 0.15) is 25.0 Å². The van der Waals surface area contributed by atoms with Crippen molar-refractivity contribution in [1.29, 1.82) is 0 Å². The maximum absolute atomic E-state index is 6.28. The maximum Gasteiger partial charge on any atom is 0.0390 e. The first-order chi connectivity index (χ1) is 10.2. The highest BCUT2D eigenvalue weighted by Crippen LogP contribution is 2.30. The lowest BCUT2D eigenvalue weighted by atomic mass is 9.93. The Morgan fingerprint density at radius 3 is 2.38 bits per heavy atom. The highest BCUT2D eigenvalue weighted by atomic mass is 14.6. The van der Waals surface area contributed by atoms with Gasteiger partial charge in [0.1, 0.15) is 0 Å². The van der Waals surface area contributed by atoms with E-state index in [0.29, 0.717) is 5.92 Å². The molecule has 1 heteroatoms. The van der Waals surface area contributed by atoms with Crippen molar-refractivity contribution in [3.05, 3.63) is 77.5 Å². The third kappa shape index (κ3) is 2.64. The summed E-state index contributed by atoms with van der Waals surface area (Å²) in [5.74, 6) is 0.423. The van der Waals surface area contributed by atoms with Gasteiger partial charge in [-0.05, 0) is 46.4 Å². The van der Waals surface area contributed by atoms with Crippen LogP contribution in [0, 0.1) is 5.92 Å². The molecule has 0 saturated heterocycles. The SMILES string of the molecule is CCc1cc2ccccc2cc1C1=C(N)C=C[C@H](C)C=C1. The Morgan fingerprint density at radius 2 is 1.67 bits per heavy atom. The third-order valence-corrected chi connectivity index (χ3v) is 4.10. The van der Waals surface area contributed by atoms with Gasteiger partial charge in [-0.2, -0.15) is 0 Å². The molecule has 0 spiro atoms. The lowest BCUT2D eigenvalue weighted by molar-refractivity contribution is 0.941. The smallest absolute Gasteiger partial charge is 0.0390 e. The second-order valence-electron chi connectivity index (χ2n) is 5.66. The minimum atomic E-state index is 0.423. The Morgan fingerprint density at radius 1 is 1.00 bits per heavy atom. The number of nitrogens with two attached hydrogens (primary N) is 1. The average Bonchev–Trinajstić information content (AvgIpc) is 2.68. The molecule has 0 heterocycles. The van der Waals surface area contributed by atoms with Crippen molar-refractivity contribution < 1.29 is 0 Å². The van der Waals surface area contributed by atoms with E-state index < -0.39 is 0 Å². The standard InChI is InChI=1S/C20H21N/c1-3-15-12-16-6-4-5-7-17(16)13-19(15)18-10-8-14(2)9-11-20(18)21/h4-14H,3,21H2,1-2H3/t14-/m1/s1. The van der Waals surface area contributed by atoms with E-state index in [1.165, 1.54) is 21.9 Å². The fourth-order valence-corrected chi connectivity index (χ4v) is 2.83. The van der Waals surface area contributed by atoms with Gasteiger partial charge in [0.2, 0.25) is 0 Å². The molecule has 1 nitrogen and oxygen atoms in total. The number of rotatable bonds is 2. The molecule has 0 radical (unpaired) electrons. The van der Waals surface area contributed by atoms with Crippen LogP contribution in [0.4, 0.5) is 0 Å². The molecule has 3 rings (SSSR count). The van der Waals surface area contributed by atoms with Gasteiger partial charge in [-0.25, -0.2) is 0 Å². The Kier molecular flexibility index (Phi) is 3.66. The lowest BCUT2D eigenvalue weighted by Crippen LogP contribution is -2.00. The first-order valence-corrected chi connectivity index (χ1v) is 7.57. The number of hydrogen-bond acceptors (Lipinski definition) is 1. The van der Waals surface area contributed by atoms with Gasteiger partial charge in [0.05, 0.1) is 0 Å². The fourth-order valence-electron chi connectivity index (χ4n) is 2.83. The van der Waals surface area contributed by atoms with Crippen molar-refractivity contribution in [3.63, 3.8) is 0 Å². The highest BCUT2D eigenvalue weighted by Gasteiger charge is 2.11. The summed E-state index contributed by atoms with van der Waals surface area (Å²) in [7, 11) is 0. The molecule has 21 heavy (non-hydrogen) atoms. The van der Waals surface area contributed by atoms with Crippen LogP contribution < -0.4 is 5.73 Å². The fraction of sp³-hybridized carbons (Fsp3) is 0.200. The van der Waals surface area contributed by atoms with Gasteiger partial charge < -0.3 is 5.73 Å². The normalized spacial score (nSPS) is 18.3. The molecule has 0 aliphatic heterocycles. The third-order valence-electron chi connectivity index (χ3n) is 4.10. The van der Waals surface area contributed by atoms with Crippen molar-refractivity contribution in [2.24, 2.45) is 11.7 Å². The zero-order valence-corrected chi connectivity index (χ0v) is 12.6. The van der Waals surface area contributed by atoms with Gasteiger partial charge in [0.15, 0.2) is 0 Å². The zero-order chi connectivity index (χ0) is 14.8. The van der Waals surface area contributed by atoms with Gasteiger partial charge in [0, 0.05) is 11.3 Å². The second kappa shape index (κ2) is 5.61. The highest BCUT2D eigenvalue weighted by molar-refractivity contribution is 5.90. The predicted octanol–water partition coefficient (Wildman–Crippen LogP) is 4.83. The molecule has 1 atom stereocenters. The first kappa shape index (κ1) is 13.7. The van der Waals surface area contributed by atoms with Gasteiger partial charge in [-0.3, -0.25) is 0 Å². The molecule has 2 aromatic rings. The summed E-state index contributed by atoms with van der Waals surface area (Å²) in [6, 6.07) is 13.1. The van der Waals surface area contributed by atoms with Gasteiger partial charge in [0.25, 0.3) is 0 Å². The molecule has 0 aromatic heterocycles. The summed E-state index contributed by atoms with van der Waals surface area (Å²) in [4.78, 5) is 0. The van der Waals surface area contributed by atoms with E-state index in [2.05, 4.69) is 68.5 Å². The second-order valence-corrected chi connectivity index (χ2v) is 5.66. The first-order valence-electron chi connectivity index (χ1n) is 7.57. The van der Waals surface area contributed by atoms with Crippen LogP contribution in [-0.2, 0) is 6.42 Å². The molecule has 1 aliphatic carbocycles. The Balaban J connectivity index is 2.23. The van der Waals surface area contributed by atoms with E-state index in [1.54, 1.807) is 0 Å². The molecular formula is C20H21N. The number of hydrogen-bond donors (Lipinski definition) is 1. The molecule has 0 fully saturated rings. The number of allylic oxidation sites excluding steroid dienone is 5. The molecule has 1 aliphatic rings. The van der Waals surface area contributed by atoms with E-state index >= 15 is 0 Å². The number of benzene rings is 2. The van der Waals surface area contributed by atoms with Crippen LogP contribution in [0.5, 0.6) is 0 Å². The van der Waals surface area contributed by atoms with Crippen molar-refractivity contribution in [2.75, 3.05) is 0 Å². The number of fused-ring (bicyclic) bond motifs is 1. The van der Waals surface area contributed by atoms with Crippen molar-refractivity contribution in [2.45, 2.75) is 20.3 Å². The monoisotopic (exact) mass is 275 g/mol. The zero-order valence-electron chi connectivity index (χ0n) is 12.6. The molecule has 0 bridgehead atoms. The number of aryl methyl sites for hydroxylation is 1. The summed E-state index contributed by atoms with van der Waals surface area (Å²) >= 11 is 0. The van der Waals surface area contributed by atoms with Gasteiger partial charge >= 0.3 is 0 Å². The predicted molar refractivity (Wildman–Crippen MR) is 91.9 cm³/mol. The Bertz CT molecular complexity index is 763. The van der Waals surface area contributed by atoms with Crippen LogP contribution in [0.2, 0.25) is 0 Å². The molecular weight excluding hydrogens is 254 g/mol. The van der Waals surface area contributed by atoms with Gasteiger partial charge in [-0.15, -0.1) is 0 Å². The van der Waals surface area contributed by atoms with E-state index in [1.807, 2.05) is 6.08 Å². The Labute approximate surface area is 126 Å². The quantitative estimate of drug-likeness (QED) is 0.834. The van der Waals surface area contributed by atoms with E-state index in [-0.39, 0.29) is 0 Å². The largest absolute Gasteiger partial charge is 0.398 e. The average molecular weight is 275 g/mol. The lowest BCUT2D eigenvalue weighted by Gasteiger charge is -2.13. The van der Waals surface area contributed by atoms with E-state index in [0.717, 1.165) is 17.7 Å². The molecule has 0 saturated carbocycles. The van der Waals surface area contributed by atoms with Crippen molar-refractivity contribution >= 4 is 16.3 Å². The summed E-state index contributed by atoms with van der Waals surface area (Å²) in [6.45, 7) is 4.37. The van der Waals surface area contributed by atoms with Crippen LogP contribution in [0.15, 0.2) is 66.4 Å². The summed E-state index contributed by atoms with van der Waals surface area (Å²) < 4.78 is 0. The topological polar surface area (TPSA) is 26.0 Å². The Hall–Kier alpha value is -2.28. The molecule has 0 amide bonds. The van der Waals surface area contributed by atoms with Crippen LogP contribution in [0.25, 0.3) is 16.3 Å². The summed E-state index contributed by atoms with van der Waals surface area (Å²) in [5, 5.41) is 2.55. The van der Waals surface area contributed by atoms with E-state index in [4.69, 9.17) is 5.73 Å². The van der Waals surface area contributed by atoms with Crippen molar-refractivity contribution in [1.82, 2.24) is 0 Å². The minimum Gasteiger partial charge on any atom is -0.398 e. The molecule has 2 aromatic carbocycles. The summed E-state index contributed by atoms with van der Waals surface area (Å²) in [6.07, 6.45) is 9.56. The molecule has 2 N–H and O–H groups in total. The van der Waals surface area contributed by atoms with E-state index in [9.17, 15) is 0 Å².